The van der Waals surface area contributed by atoms with Crippen LogP contribution in [-0.2, 0) is 14.3 Å². The number of carbonyl (C=O) groups excluding carboxylic acids is 2. The summed E-state index contributed by atoms with van der Waals surface area (Å²) < 4.78 is 4.35. The third-order valence-electron chi connectivity index (χ3n) is 3.10. The predicted octanol–water partition coefficient (Wildman–Crippen LogP) is -0.441. The van der Waals surface area contributed by atoms with Gasteiger partial charge in [-0.15, -0.1) is 0 Å². The summed E-state index contributed by atoms with van der Waals surface area (Å²) in [4.78, 5) is 22.4. The fraction of sp³-hybridized carbons (Fsp3) is 0.833. The van der Waals surface area contributed by atoms with Crippen LogP contribution in [0.3, 0.4) is 0 Å². The lowest BCUT2D eigenvalue weighted by Gasteiger charge is -2.23. The van der Waals surface area contributed by atoms with Crippen molar-refractivity contribution in [2.24, 2.45) is 0 Å². The Kier molecular flexibility index (Phi) is 6.67. The van der Waals surface area contributed by atoms with E-state index in [4.69, 9.17) is 0 Å². The molecule has 1 fully saturated rings. The molecule has 0 spiro atoms. The van der Waals surface area contributed by atoms with E-state index in [1.54, 1.807) is 0 Å². The molecule has 0 aromatic heterocycles. The third-order valence-corrected chi connectivity index (χ3v) is 3.10. The van der Waals surface area contributed by atoms with Gasteiger partial charge in [-0.05, 0) is 25.8 Å². The van der Waals surface area contributed by atoms with Crippen molar-refractivity contribution in [3.63, 3.8) is 0 Å². The molecule has 0 saturated carbocycles. The first kappa shape index (κ1) is 14.9. The molecule has 1 heterocycles. The highest BCUT2D eigenvalue weighted by Crippen LogP contribution is 2.11. The minimum atomic E-state index is -1.29. The van der Waals surface area contributed by atoms with E-state index >= 15 is 0 Å². The predicted molar refractivity (Wildman–Crippen MR) is 65.9 cm³/mol. The van der Waals surface area contributed by atoms with Gasteiger partial charge in [0.1, 0.15) is 0 Å². The lowest BCUT2D eigenvalue weighted by Crippen LogP contribution is -2.39. The number of hydrogen-bond acceptors (Lipinski definition) is 5. The number of carbonyl (C=O) groups is 2. The Balaban J connectivity index is 2.11. The van der Waals surface area contributed by atoms with E-state index in [1.165, 1.54) is 20.0 Å². The van der Waals surface area contributed by atoms with Crippen LogP contribution in [0.15, 0.2) is 0 Å². The van der Waals surface area contributed by atoms with Crippen molar-refractivity contribution in [3.8, 4) is 0 Å². The van der Waals surface area contributed by atoms with Crippen LogP contribution in [-0.4, -0.2) is 49.3 Å². The van der Waals surface area contributed by atoms with Crippen molar-refractivity contribution < 1.29 is 19.4 Å². The molecule has 6 nitrogen and oxygen atoms in total. The zero-order valence-corrected chi connectivity index (χ0v) is 10.8. The molecule has 0 aliphatic carbocycles. The molecule has 1 rings (SSSR count). The topological polar surface area (TPSA) is 87.7 Å². The summed E-state index contributed by atoms with van der Waals surface area (Å²) in [6.45, 7) is 0.928. The second-order valence-electron chi connectivity index (χ2n) is 4.53. The first-order valence-electron chi connectivity index (χ1n) is 6.39. The van der Waals surface area contributed by atoms with E-state index in [0.29, 0.717) is 12.5 Å². The van der Waals surface area contributed by atoms with Crippen LogP contribution in [0.2, 0.25) is 0 Å². The Morgan fingerprint density at radius 1 is 1.50 bits per heavy atom. The van der Waals surface area contributed by atoms with E-state index in [1.807, 2.05) is 0 Å². The number of methoxy groups -OCH3 is 1. The summed E-state index contributed by atoms with van der Waals surface area (Å²) >= 11 is 0. The van der Waals surface area contributed by atoms with Gasteiger partial charge in [-0.3, -0.25) is 4.79 Å². The van der Waals surface area contributed by atoms with Crippen LogP contribution < -0.4 is 10.6 Å². The lowest BCUT2D eigenvalue weighted by atomic mass is 10.0. The van der Waals surface area contributed by atoms with Gasteiger partial charge in [-0.1, -0.05) is 6.42 Å². The Labute approximate surface area is 107 Å². The molecule has 0 aromatic rings. The number of esters is 1. The molecule has 2 atom stereocenters. The van der Waals surface area contributed by atoms with Gasteiger partial charge < -0.3 is 20.5 Å². The fourth-order valence-corrected chi connectivity index (χ4v) is 1.99. The van der Waals surface area contributed by atoms with E-state index < -0.39 is 12.1 Å². The highest BCUT2D eigenvalue weighted by Gasteiger charge is 2.17. The highest BCUT2D eigenvalue weighted by atomic mass is 16.5. The number of nitrogens with one attached hydrogen (secondary N) is 2. The number of piperidine rings is 1. The molecule has 2 unspecified atom stereocenters. The average Bonchev–Trinajstić information content (AvgIpc) is 2.42. The highest BCUT2D eigenvalue weighted by molar-refractivity contribution is 5.78. The summed E-state index contributed by atoms with van der Waals surface area (Å²) in [5.74, 6) is -0.880. The zero-order valence-electron chi connectivity index (χ0n) is 10.8. The van der Waals surface area contributed by atoms with Crippen molar-refractivity contribution in [1.82, 2.24) is 10.6 Å². The summed E-state index contributed by atoms with van der Waals surface area (Å²) in [7, 11) is 1.20. The van der Waals surface area contributed by atoms with Crippen LogP contribution in [0.25, 0.3) is 0 Å². The van der Waals surface area contributed by atoms with Gasteiger partial charge in [-0.2, -0.15) is 0 Å². The maximum atomic E-state index is 11.5. The van der Waals surface area contributed by atoms with Crippen molar-refractivity contribution >= 4 is 11.9 Å². The molecule has 0 radical (unpaired) electrons. The molecule has 0 bridgehead atoms. The number of amides is 1. The Morgan fingerprint density at radius 2 is 2.28 bits per heavy atom. The first-order valence-corrected chi connectivity index (χ1v) is 6.39. The largest absolute Gasteiger partial charge is 0.467 e. The van der Waals surface area contributed by atoms with E-state index in [9.17, 15) is 14.7 Å². The summed E-state index contributed by atoms with van der Waals surface area (Å²) in [5.41, 5.74) is 0. The maximum absolute atomic E-state index is 11.5. The van der Waals surface area contributed by atoms with Gasteiger partial charge in [-0.25, -0.2) is 4.79 Å². The van der Waals surface area contributed by atoms with Crippen LogP contribution in [0.5, 0.6) is 0 Å². The molecule has 1 amide bonds. The van der Waals surface area contributed by atoms with Crippen molar-refractivity contribution in [2.45, 2.75) is 44.2 Å². The SMILES string of the molecule is COC(=O)C(O)CNC(=O)CCC1CCCCN1. The minimum Gasteiger partial charge on any atom is -0.467 e. The van der Waals surface area contributed by atoms with Crippen LogP contribution >= 0.6 is 0 Å². The Hall–Kier alpha value is -1.14. The van der Waals surface area contributed by atoms with E-state index in [0.717, 1.165) is 19.4 Å². The van der Waals surface area contributed by atoms with Crippen molar-refractivity contribution in [3.05, 3.63) is 0 Å². The minimum absolute atomic E-state index is 0.0936. The van der Waals surface area contributed by atoms with Crippen LogP contribution in [0.4, 0.5) is 0 Å². The smallest absolute Gasteiger partial charge is 0.336 e. The van der Waals surface area contributed by atoms with E-state index in [-0.39, 0.29) is 12.5 Å². The van der Waals surface area contributed by atoms with Gasteiger partial charge >= 0.3 is 5.97 Å². The number of rotatable bonds is 6. The quantitative estimate of drug-likeness (QED) is 0.562. The number of aliphatic hydroxyl groups is 1. The molecule has 3 N–H and O–H groups in total. The van der Waals surface area contributed by atoms with Gasteiger partial charge in [0.25, 0.3) is 0 Å². The number of hydrogen-bond donors (Lipinski definition) is 3. The molecule has 1 aliphatic heterocycles. The second-order valence-corrected chi connectivity index (χ2v) is 4.53. The molecule has 1 aliphatic rings. The monoisotopic (exact) mass is 258 g/mol. The zero-order chi connectivity index (χ0) is 13.4. The normalized spacial score (nSPS) is 21.1. The van der Waals surface area contributed by atoms with Gasteiger partial charge in [0.05, 0.1) is 13.7 Å². The molecular weight excluding hydrogens is 236 g/mol. The fourth-order valence-electron chi connectivity index (χ4n) is 1.99. The maximum Gasteiger partial charge on any atom is 0.336 e. The summed E-state index contributed by atoms with van der Waals surface area (Å²) in [6.07, 6.45) is 3.43. The lowest BCUT2D eigenvalue weighted by molar-refractivity contribution is -0.150. The molecule has 1 saturated heterocycles. The third kappa shape index (κ3) is 5.46. The van der Waals surface area contributed by atoms with Gasteiger partial charge in [0.2, 0.25) is 5.91 Å². The number of aliphatic hydroxyl groups excluding tert-OH is 1. The molecule has 6 heteroatoms. The Bertz CT molecular complexity index is 277. The first-order chi connectivity index (χ1) is 8.63. The second kappa shape index (κ2) is 8.05. The standard InChI is InChI=1S/C12H22N2O4/c1-18-12(17)10(15)8-14-11(16)6-5-9-4-2-3-7-13-9/h9-10,13,15H,2-8H2,1H3,(H,14,16). The average molecular weight is 258 g/mol. The van der Waals surface area contributed by atoms with Crippen molar-refractivity contribution in [1.29, 1.82) is 0 Å². The van der Waals surface area contributed by atoms with Crippen LogP contribution in [0, 0.1) is 0 Å². The summed E-state index contributed by atoms with van der Waals surface area (Å²) in [5, 5.41) is 15.2. The van der Waals surface area contributed by atoms with Gasteiger partial charge in [0.15, 0.2) is 6.10 Å². The molecule has 104 valence electrons. The Morgan fingerprint density at radius 3 is 2.89 bits per heavy atom. The van der Waals surface area contributed by atoms with E-state index in [2.05, 4.69) is 15.4 Å². The van der Waals surface area contributed by atoms with Crippen molar-refractivity contribution in [2.75, 3.05) is 20.2 Å². The van der Waals surface area contributed by atoms with Gasteiger partial charge in [0, 0.05) is 12.5 Å². The summed E-state index contributed by atoms with van der Waals surface area (Å²) in [6, 6.07) is 0.412. The molecule has 18 heavy (non-hydrogen) atoms. The molecular formula is C12H22N2O4. The van der Waals surface area contributed by atoms with Crippen LogP contribution in [0.1, 0.15) is 32.1 Å². The number of ether oxygens (including phenoxy) is 1. The molecule has 0 aromatic carbocycles.